The summed E-state index contributed by atoms with van der Waals surface area (Å²) in [4.78, 5) is 27.8. The molecule has 1 aliphatic heterocycles. The average Bonchev–Trinajstić information content (AvgIpc) is 2.58. The van der Waals surface area contributed by atoms with Crippen molar-refractivity contribution >= 4 is 17.7 Å². The topological polar surface area (TPSA) is 99.8 Å². The van der Waals surface area contributed by atoms with Crippen molar-refractivity contribution in [1.82, 2.24) is 25.8 Å². The number of carbonyl (C=O) groups is 1. The van der Waals surface area contributed by atoms with Crippen LogP contribution in [0.1, 0.15) is 45.0 Å². The number of nitrogens with zero attached hydrogens (tertiary/aromatic N) is 2. The van der Waals surface area contributed by atoms with Crippen LogP contribution >= 0.6 is 0 Å². The summed E-state index contributed by atoms with van der Waals surface area (Å²) in [6, 6.07) is -0.215. The van der Waals surface area contributed by atoms with Gasteiger partial charge in [-0.15, -0.1) is 0 Å². The zero-order chi connectivity index (χ0) is 18.8. The quantitative estimate of drug-likeness (QED) is 0.735. The number of fused-ring (bicyclic) bond motifs is 1. The van der Waals surface area contributed by atoms with Crippen molar-refractivity contribution < 1.29 is 7.65 Å². The molecule has 0 aromatic carbocycles. The average molecular weight is 356 g/mol. The molecule has 0 aliphatic carbocycles. The molecule has 3 N–H and O–H groups in total. The van der Waals surface area contributed by atoms with E-state index in [4.69, 9.17) is 0 Å². The maximum Gasteiger partial charge on any atom is 0.252 e. The minimum atomic E-state index is -0.231. The molecule has 0 saturated carbocycles. The Kier molecular flexibility index (Phi) is 4.88. The van der Waals surface area contributed by atoms with E-state index in [2.05, 4.69) is 25.8 Å². The Morgan fingerprint density at radius 3 is 2.73 bits per heavy atom. The summed E-state index contributed by atoms with van der Waals surface area (Å²) in [5.41, 5.74) is 3.88. The Labute approximate surface area is 154 Å². The van der Waals surface area contributed by atoms with Crippen LogP contribution in [0.5, 0.6) is 0 Å². The van der Waals surface area contributed by atoms with Gasteiger partial charge in [-0.1, -0.05) is 0 Å². The third-order valence-electron chi connectivity index (χ3n) is 4.70. The van der Waals surface area contributed by atoms with E-state index in [0.29, 0.717) is 5.56 Å². The molecule has 0 bridgehead atoms. The summed E-state index contributed by atoms with van der Waals surface area (Å²) in [6.45, 7) is 9.41. The lowest BCUT2D eigenvalue weighted by molar-refractivity contribution is -0.121. The Morgan fingerprint density at radius 2 is 2.00 bits per heavy atom. The molecule has 3 rings (SSSR count). The number of hydrogen-bond donors (Lipinski definition) is 3. The fourth-order valence-electron chi connectivity index (χ4n) is 3.30. The first-order valence-electron chi connectivity index (χ1n) is 8.47. The number of nitrogens with one attached hydrogen (secondary N) is 3. The van der Waals surface area contributed by atoms with Gasteiger partial charge in [-0.2, -0.15) is 10.2 Å². The van der Waals surface area contributed by atoms with Gasteiger partial charge < -0.3 is 15.6 Å². The van der Waals surface area contributed by atoms with Gasteiger partial charge in [0.15, 0.2) is 0 Å². The lowest BCUT2D eigenvalue weighted by Crippen LogP contribution is -2.45. The van der Waals surface area contributed by atoms with Crippen LogP contribution in [-0.2, 0) is 11.2 Å². The van der Waals surface area contributed by atoms with Gasteiger partial charge >= 0.3 is 0 Å². The Balaban J connectivity index is 0.00000196. The maximum atomic E-state index is 12.5. The fraction of sp³-hybridized carbons (Fsp3) is 0.316. The summed E-state index contributed by atoms with van der Waals surface area (Å²) in [5, 5.41) is 15.5. The molecule has 1 amide bonds. The number of pyridine rings is 1. The molecular weight excluding hydrogens is 330 g/mol. The van der Waals surface area contributed by atoms with Crippen molar-refractivity contribution in [2.75, 3.05) is 0 Å². The number of rotatable bonds is 4. The Bertz CT molecular complexity index is 1050. The van der Waals surface area contributed by atoms with Crippen LogP contribution in [-0.4, -0.2) is 21.1 Å². The molecular formula is C19H26N5O2. The van der Waals surface area contributed by atoms with E-state index in [1.165, 1.54) is 0 Å². The number of amides is 1. The highest BCUT2D eigenvalue weighted by atomic mass is 16.2. The fourth-order valence-corrected chi connectivity index (χ4v) is 3.30. The second kappa shape index (κ2) is 7.11. The van der Waals surface area contributed by atoms with Crippen LogP contribution in [0.2, 0.25) is 0 Å². The number of aromatic amines is 1. The first-order valence-corrected chi connectivity index (χ1v) is 8.47. The van der Waals surface area contributed by atoms with Gasteiger partial charge in [-0.05, 0) is 50.5 Å². The predicted molar refractivity (Wildman–Crippen MR) is 103 cm³/mol. The molecule has 2 aromatic rings. The van der Waals surface area contributed by atoms with Gasteiger partial charge in [-0.3, -0.25) is 9.59 Å². The summed E-state index contributed by atoms with van der Waals surface area (Å²) in [7, 11) is 0. The van der Waals surface area contributed by atoms with E-state index in [0.717, 1.165) is 33.0 Å². The molecule has 1 aliphatic rings. The minimum absolute atomic E-state index is 0. The smallest absolute Gasteiger partial charge is 0.252 e. The van der Waals surface area contributed by atoms with E-state index in [1.54, 1.807) is 18.9 Å². The standard InChI is InChI=1S/C19H22N5O2.2H2/c1-10-8-21-22-9-15(10)12(3)23-17(25)7-14-11(2)18-13(4)20-6-5-16(18)24-19(14)26;;/h5-6,8-9,12,20H,7H2,1-4H3,(H,23,25)(H,24,26);2*1H/t12-;;/m1../s1. The zero-order valence-electron chi connectivity index (χ0n) is 15.3. The van der Waals surface area contributed by atoms with Crippen LogP contribution < -0.4 is 26.8 Å². The first-order chi connectivity index (χ1) is 12.4. The monoisotopic (exact) mass is 356 g/mol. The summed E-state index contributed by atoms with van der Waals surface area (Å²) < 4.78 is 0. The number of hydrogen-bond acceptors (Lipinski definition) is 5. The van der Waals surface area contributed by atoms with Gasteiger partial charge in [0.25, 0.3) is 5.56 Å². The highest BCUT2D eigenvalue weighted by molar-refractivity contribution is 5.79. The van der Waals surface area contributed by atoms with Crippen molar-refractivity contribution in [2.24, 2.45) is 0 Å². The highest BCUT2D eigenvalue weighted by Gasteiger charge is 2.17. The van der Waals surface area contributed by atoms with Gasteiger partial charge in [0.1, 0.15) is 0 Å². The number of aromatic nitrogens is 3. The van der Waals surface area contributed by atoms with Crippen molar-refractivity contribution in [3.8, 4) is 0 Å². The third-order valence-corrected chi connectivity index (χ3v) is 4.70. The van der Waals surface area contributed by atoms with E-state index in [-0.39, 0.29) is 26.8 Å². The van der Waals surface area contributed by atoms with Crippen molar-refractivity contribution in [2.45, 2.75) is 40.2 Å². The van der Waals surface area contributed by atoms with Gasteiger partial charge in [0.2, 0.25) is 5.91 Å². The normalized spacial score (nSPS) is 14.1. The maximum absolute atomic E-state index is 12.5. The Morgan fingerprint density at radius 1 is 1.27 bits per heavy atom. The SMILES string of the molecule is CC1=c2c(C)c(CC(=O)N[C@H](C)c3cnncc3C)c(=O)[nH]c2=C[CH]N1.[HH].[HH]. The Hall–Kier alpha value is -2.96. The number of aryl methyl sites for hydroxylation is 1. The molecule has 7 heteroatoms. The van der Waals surface area contributed by atoms with Gasteiger partial charge in [0.05, 0.1) is 31.4 Å². The highest BCUT2D eigenvalue weighted by Crippen LogP contribution is 2.14. The first kappa shape index (κ1) is 17.8. The van der Waals surface area contributed by atoms with E-state index in [9.17, 15) is 9.59 Å². The minimum Gasteiger partial charge on any atom is -0.379 e. The van der Waals surface area contributed by atoms with Gasteiger partial charge in [-0.25, -0.2) is 0 Å². The van der Waals surface area contributed by atoms with Crippen LogP contribution in [0.4, 0.5) is 0 Å². The zero-order valence-corrected chi connectivity index (χ0v) is 15.3. The van der Waals surface area contributed by atoms with Crippen LogP contribution in [0, 0.1) is 20.4 Å². The molecule has 0 spiro atoms. The largest absolute Gasteiger partial charge is 0.379 e. The molecule has 1 atom stereocenters. The predicted octanol–water partition coefficient (Wildman–Crippen LogP) is 0.367. The molecule has 26 heavy (non-hydrogen) atoms. The van der Waals surface area contributed by atoms with Crippen molar-refractivity contribution in [1.29, 1.82) is 0 Å². The second-order valence-corrected chi connectivity index (χ2v) is 6.54. The molecule has 2 aromatic heterocycles. The molecule has 0 saturated heterocycles. The van der Waals surface area contributed by atoms with Crippen molar-refractivity contribution in [3.05, 3.63) is 62.1 Å². The molecule has 7 nitrogen and oxygen atoms in total. The van der Waals surface area contributed by atoms with E-state index in [1.807, 2.05) is 33.8 Å². The third kappa shape index (κ3) is 3.37. The lowest BCUT2D eigenvalue weighted by Gasteiger charge is -2.17. The molecule has 1 radical (unpaired) electrons. The van der Waals surface area contributed by atoms with Crippen LogP contribution in [0.15, 0.2) is 17.2 Å². The molecule has 0 unspecified atom stereocenters. The van der Waals surface area contributed by atoms with Crippen molar-refractivity contribution in [3.63, 3.8) is 0 Å². The molecule has 0 fully saturated rings. The molecule has 139 valence electrons. The second-order valence-electron chi connectivity index (χ2n) is 6.54. The summed E-state index contributed by atoms with van der Waals surface area (Å²) >= 11 is 0. The number of carbonyl (C=O) groups excluding carboxylic acids is 1. The summed E-state index contributed by atoms with van der Waals surface area (Å²) in [6.07, 6.45) is 5.15. The van der Waals surface area contributed by atoms with Crippen LogP contribution in [0.3, 0.4) is 0 Å². The number of H-pyrrole nitrogens is 1. The lowest BCUT2D eigenvalue weighted by atomic mass is 10.0. The molecule has 3 heterocycles. The van der Waals surface area contributed by atoms with Crippen LogP contribution in [0.25, 0.3) is 11.8 Å². The summed E-state index contributed by atoms with van der Waals surface area (Å²) in [5.74, 6) is -0.209. The van der Waals surface area contributed by atoms with E-state index >= 15 is 0 Å². The van der Waals surface area contributed by atoms with Gasteiger partial charge in [0, 0.05) is 24.7 Å². The van der Waals surface area contributed by atoms with E-state index < -0.39 is 0 Å².